The van der Waals surface area contributed by atoms with Crippen LogP contribution < -0.4 is 4.90 Å². The van der Waals surface area contributed by atoms with Gasteiger partial charge in [-0.05, 0) is 38.6 Å². The third kappa shape index (κ3) is 3.31. The lowest BCUT2D eigenvalue weighted by molar-refractivity contribution is 0.315. The molecule has 1 saturated heterocycles. The first-order valence-electron chi connectivity index (χ1n) is 10.9. The molecule has 3 heterocycles. The number of nitriles is 1. The molecule has 0 saturated carbocycles. The van der Waals surface area contributed by atoms with Gasteiger partial charge >= 0.3 is 0 Å². The number of hydrogen-bond acceptors (Lipinski definition) is 5. The largest absolute Gasteiger partial charge is 0.354 e. The van der Waals surface area contributed by atoms with E-state index in [1.807, 2.05) is 60.0 Å². The fourth-order valence-corrected chi connectivity index (χ4v) is 4.63. The van der Waals surface area contributed by atoms with Crippen molar-refractivity contribution in [2.45, 2.75) is 19.4 Å². The Morgan fingerprint density at radius 1 is 1.00 bits per heavy atom. The summed E-state index contributed by atoms with van der Waals surface area (Å²) in [6.45, 7) is 3.87. The van der Waals surface area contributed by atoms with Gasteiger partial charge in [-0.3, -0.25) is 0 Å². The Bertz CT molecular complexity index is 1300. The Labute approximate surface area is 188 Å². The second kappa shape index (κ2) is 8.10. The molecule has 1 aliphatic heterocycles. The Hall–Kier alpha value is -3.69. The number of fused-ring (bicyclic) bond motifs is 1. The first-order chi connectivity index (χ1) is 15.6. The molecule has 1 atom stereocenters. The number of anilines is 1. The molecule has 2 aromatic carbocycles. The highest BCUT2D eigenvalue weighted by atomic mass is 15.4. The van der Waals surface area contributed by atoms with Crippen LogP contribution in [0.3, 0.4) is 0 Å². The van der Waals surface area contributed by atoms with Crippen molar-refractivity contribution >= 4 is 11.5 Å². The molecule has 0 aliphatic carbocycles. The van der Waals surface area contributed by atoms with Crippen LogP contribution in [0.25, 0.3) is 28.2 Å². The van der Waals surface area contributed by atoms with Crippen LogP contribution in [-0.2, 0) is 0 Å². The van der Waals surface area contributed by atoms with Gasteiger partial charge in [0.05, 0.1) is 0 Å². The molecular weight excluding hydrogens is 396 g/mol. The van der Waals surface area contributed by atoms with E-state index in [0.29, 0.717) is 23.1 Å². The van der Waals surface area contributed by atoms with E-state index < -0.39 is 0 Å². The maximum Gasteiger partial charge on any atom is 0.182 e. The Kier molecular flexibility index (Phi) is 5.12. The number of pyridine rings is 1. The van der Waals surface area contributed by atoms with Crippen molar-refractivity contribution in [2.24, 2.45) is 0 Å². The molecule has 2 aromatic heterocycles. The van der Waals surface area contributed by atoms with Crippen molar-refractivity contribution in [1.29, 1.82) is 5.26 Å². The maximum atomic E-state index is 10.1. The molecule has 32 heavy (non-hydrogen) atoms. The summed E-state index contributed by atoms with van der Waals surface area (Å²) in [5, 5.41) is 15.0. The van der Waals surface area contributed by atoms with Crippen molar-refractivity contribution < 1.29 is 0 Å². The van der Waals surface area contributed by atoms with Gasteiger partial charge in [0, 0.05) is 30.3 Å². The zero-order valence-electron chi connectivity index (χ0n) is 18.7. The standard InChI is InChI=1S/C26H26N6/c1-18-22(16-27)25-28-24(20-12-8-5-9-13-20)29-32(25)26(23(18)19-10-6-4-7-11-19)31-15-14-21(17-31)30(2)3/h4-13,21H,14-15,17H2,1-3H3/t21-/m0/s1. The van der Waals surface area contributed by atoms with E-state index in [1.165, 1.54) is 0 Å². The molecule has 160 valence electrons. The highest BCUT2D eigenvalue weighted by Crippen LogP contribution is 2.39. The van der Waals surface area contributed by atoms with E-state index in [2.05, 4.69) is 42.1 Å². The first kappa shape index (κ1) is 20.2. The summed E-state index contributed by atoms with van der Waals surface area (Å²) in [5.74, 6) is 1.65. The van der Waals surface area contributed by atoms with Crippen molar-refractivity contribution in [1.82, 2.24) is 19.5 Å². The predicted molar refractivity (Wildman–Crippen MR) is 128 cm³/mol. The van der Waals surface area contributed by atoms with Gasteiger partial charge in [-0.25, -0.2) is 4.98 Å². The number of nitrogens with zero attached hydrogens (tertiary/aromatic N) is 6. The molecule has 0 spiro atoms. The molecule has 0 amide bonds. The molecule has 1 fully saturated rings. The van der Waals surface area contributed by atoms with Crippen molar-refractivity contribution in [2.75, 3.05) is 32.1 Å². The van der Waals surface area contributed by atoms with Crippen LogP contribution in [0.5, 0.6) is 0 Å². The molecule has 1 aliphatic rings. The summed E-state index contributed by atoms with van der Waals surface area (Å²) in [5.41, 5.74) is 5.22. The zero-order chi connectivity index (χ0) is 22.2. The zero-order valence-corrected chi connectivity index (χ0v) is 18.7. The highest BCUT2D eigenvalue weighted by molar-refractivity contribution is 5.85. The van der Waals surface area contributed by atoms with E-state index in [0.717, 1.165) is 47.6 Å². The van der Waals surface area contributed by atoms with Gasteiger partial charge in [0.15, 0.2) is 11.5 Å². The quantitative estimate of drug-likeness (QED) is 0.488. The van der Waals surface area contributed by atoms with Crippen molar-refractivity contribution in [3.05, 3.63) is 71.8 Å². The lowest BCUT2D eigenvalue weighted by Gasteiger charge is -2.26. The van der Waals surface area contributed by atoms with Gasteiger partial charge < -0.3 is 9.80 Å². The second-order valence-electron chi connectivity index (χ2n) is 8.57. The third-order valence-corrected chi connectivity index (χ3v) is 6.40. The maximum absolute atomic E-state index is 10.1. The van der Waals surface area contributed by atoms with E-state index in [-0.39, 0.29) is 0 Å². The van der Waals surface area contributed by atoms with E-state index in [9.17, 15) is 5.26 Å². The summed E-state index contributed by atoms with van der Waals surface area (Å²) < 4.78 is 1.90. The van der Waals surface area contributed by atoms with E-state index >= 15 is 0 Å². The fourth-order valence-electron chi connectivity index (χ4n) is 4.63. The molecule has 0 unspecified atom stereocenters. The lowest BCUT2D eigenvalue weighted by Crippen LogP contribution is -2.32. The first-order valence-corrected chi connectivity index (χ1v) is 10.9. The number of rotatable bonds is 4. The predicted octanol–water partition coefficient (Wildman–Crippen LogP) is 4.38. The van der Waals surface area contributed by atoms with Crippen molar-refractivity contribution in [3.63, 3.8) is 0 Å². The topological polar surface area (TPSA) is 60.5 Å². The SMILES string of the molecule is Cc1c(-c2ccccc2)c(N2CC[C@H](N(C)C)C2)n2nc(-c3ccccc3)nc2c1C#N. The van der Waals surface area contributed by atoms with Crippen LogP contribution in [0.15, 0.2) is 60.7 Å². The van der Waals surface area contributed by atoms with Gasteiger partial charge in [-0.1, -0.05) is 60.7 Å². The van der Waals surface area contributed by atoms with Crippen LogP contribution in [-0.4, -0.2) is 52.7 Å². The third-order valence-electron chi connectivity index (χ3n) is 6.40. The molecule has 5 rings (SSSR count). The summed E-state index contributed by atoms with van der Waals surface area (Å²) in [4.78, 5) is 9.51. The second-order valence-corrected chi connectivity index (χ2v) is 8.57. The molecule has 4 aromatic rings. The van der Waals surface area contributed by atoms with Crippen LogP contribution in [0, 0.1) is 18.3 Å². The highest BCUT2D eigenvalue weighted by Gasteiger charge is 2.31. The summed E-state index contributed by atoms with van der Waals surface area (Å²) >= 11 is 0. The average Bonchev–Trinajstić information content (AvgIpc) is 3.48. The molecular formula is C26H26N6. The molecule has 0 N–H and O–H groups in total. The molecule has 6 heteroatoms. The average molecular weight is 423 g/mol. The Morgan fingerprint density at radius 2 is 1.66 bits per heavy atom. The minimum Gasteiger partial charge on any atom is -0.354 e. The number of hydrogen-bond donors (Lipinski definition) is 0. The molecule has 0 radical (unpaired) electrons. The van der Waals surface area contributed by atoms with Crippen LogP contribution in [0.2, 0.25) is 0 Å². The number of aromatic nitrogens is 3. The Morgan fingerprint density at radius 3 is 2.25 bits per heavy atom. The summed E-state index contributed by atoms with van der Waals surface area (Å²) in [6.07, 6.45) is 1.09. The molecule has 6 nitrogen and oxygen atoms in total. The van der Waals surface area contributed by atoms with Gasteiger partial charge in [-0.15, -0.1) is 5.10 Å². The summed E-state index contributed by atoms with van der Waals surface area (Å²) in [7, 11) is 4.27. The normalized spacial score (nSPS) is 16.1. The van der Waals surface area contributed by atoms with Gasteiger partial charge in [-0.2, -0.15) is 9.78 Å². The van der Waals surface area contributed by atoms with Gasteiger partial charge in [0.1, 0.15) is 17.5 Å². The monoisotopic (exact) mass is 422 g/mol. The van der Waals surface area contributed by atoms with Crippen LogP contribution >= 0.6 is 0 Å². The van der Waals surface area contributed by atoms with Gasteiger partial charge in [0.2, 0.25) is 0 Å². The minimum atomic E-state index is 0.474. The van der Waals surface area contributed by atoms with E-state index in [1.54, 1.807) is 0 Å². The minimum absolute atomic E-state index is 0.474. The van der Waals surface area contributed by atoms with Crippen LogP contribution in [0.1, 0.15) is 17.5 Å². The Balaban J connectivity index is 1.81. The van der Waals surface area contributed by atoms with Gasteiger partial charge in [0.25, 0.3) is 0 Å². The smallest absolute Gasteiger partial charge is 0.182 e. The van der Waals surface area contributed by atoms with Crippen LogP contribution in [0.4, 0.5) is 5.82 Å². The van der Waals surface area contributed by atoms with E-state index in [4.69, 9.17) is 10.1 Å². The fraction of sp³-hybridized carbons (Fsp3) is 0.269. The molecule has 0 bridgehead atoms. The lowest BCUT2D eigenvalue weighted by atomic mass is 9.97. The summed E-state index contributed by atoms with van der Waals surface area (Å²) in [6, 6.07) is 23.1. The number of likely N-dealkylation sites (N-methyl/N-ethyl adjacent to an activating group) is 1. The van der Waals surface area contributed by atoms with Crippen molar-refractivity contribution in [3.8, 4) is 28.6 Å². The number of benzene rings is 2.